The van der Waals surface area contributed by atoms with Crippen LogP contribution in [0, 0.1) is 11.8 Å². The van der Waals surface area contributed by atoms with E-state index in [9.17, 15) is 19.8 Å². The summed E-state index contributed by atoms with van der Waals surface area (Å²) in [5, 5.41) is 31.5. The summed E-state index contributed by atoms with van der Waals surface area (Å²) in [5.74, 6) is -0.133. The number of aryl methyl sites for hydroxylation is 1. The number of hydrogen-bond acceptors (Lipinski definition) is 8. The molecule has 0 spiro atoms. The van der Waals surface area contributed by atoms with Crippen molar-refractivity contribution in [3.63, 3.8) is 0 Å². The average Bonchev–Trinajstić information content (AvgIpc) is 3.62. The zero-order valence-corrected chi connectivity index (χ0v) is 24.8. The number of ether oxygens (including phenoxy) is 1. The molecule has 1 aromatic carbocycles. The summed E-state index contributed by atoms with van der Waals surface area (Å²) in [5.41, 5.74) is 2.52. The Morgan fingerprint density at radius 3 is 2.63 bits per heavy atom. The zero-order chi connectivity index (χ0) is 29.5. The summed E-state index contributed by atoms with van der Waals surface area (Å²) in [6.07, 6.45) is 1.15. The molecule has 226 valence electrons. The maximum absolute atomic E-state index is 13.5. The number of aliphatic hydroxyl groups excluding tert-OH is 2. The molecule has 41 heavy (non-hydrogen) atoms. The highest BCUT2D eigenvalue weighted by molar-refractivity contribution is 5.89. The fourth-order valence-corrected chi connectivity index (χ4v) is 5.50. The van der Waals surface area contributed by atoms with Gasteiger partial charge in [-0.2, -0.15) is 5.10 Å². The van der Waals surface area contributed by atoms with Crippen LogP contribution >= 0.6 is 0 Å². The Morgan fingerprint density at radius 1 is 1.20 bits per heavy atom. The van der Waals surface area contributed by atoms with Crippen LogP contribution in [-0.2, 0) is 16.1 Å². The van der Waals surface area contributed by atoms with Crippen molar-refractivity contribution in [3.8, 4) is 17.0 Å². The Balaban J connectivity index is 1.55. The molecular formula is C30H46N6O5. The Bertz CT molecular complexity index is 1160. The van der Waals surface area contributed by atoms with E-state index in [4.69, 9.17) is 4.74 Å². The molecule has 11 heteroatoms. The van der Waals surface area contributed by atoms with Gasteiger partial charge in [-0.15, -0.1) is 0 Å². The second kappa shape index (κ2) is 14.3. The first-order valence-electron chi connectivity index (χ1n) is 14.8. The van der Waals surface area contributed by atoms with Crippen molar-refractivity contribution in [1.82, 2.24) is 30.2 Å². The summed E-state index contributed by atoms with van der Waals surface area (Å²) in [6, 6.07) is 6.14. The first-order valence-corrected chi connectivity index (χ1v) is 14.8. The molecule has 2 aromatic rings. The van der Waals surface area contributed by atoms with Gasteiger partial charge in [0, 0.05) is 75.5 Å². The monoisotopic (exact) mass is 570 g/mol. The van der Waals surface area contributed by atoms with E-state index in [0.717, 1.165) is 50.5 Å². The maximum atomic E-state index is 13.5. The molecule has 2 saturated heterocycles. The third kappa shape index (κ3) is 7.45. The molecule has 4 atom stereocenters. The minimum atomic E-state index is -0.803. The number of likely N-dealkylation sites (tertiary alicyclic amines) is 1. The summed E-state index contributed by atoms with van der Waals surface area (Å²) in [6.45, 7) is 13.3. The van der Waals surface area contributed by atoms with E-state index in [1.54, 1.807) is 6.20 Å². The standard InChI is InChI=1S/C30H46N6O5/c1-5-36-26(8-9-32-36)22-6-7-24(28(16-22)41-15-14-34-12-10-31-11-13-34)25(19-37)33-29(39)27-17-23(38)18-35(27)30(40)21(4)20(2)3/h6-9,16,20-21,23,25,27,31,37-38H,5,10-15,17-19H2,1-4H3,(H,33,39). The molecule has 3 heterocycles. The van der Waals surface area contributed by atoms with E-state index in [2.05, 4.69) is 20.6 Å². The fraction of sp³-hybridized carbons (Fsp3) is 0.633. The predicted molar refractivity (Wildman–Crippen MR) is 156 cm³/mol. The molecule has 2 aliphatic heterocycles. The SMILES string of the molecule is CCn1nccc1-c1ccc(C(CO)NC(=O)C2CC(O)CN2C(=O)C(C)C(C)C)c(OCCN2CCNCC2)c1. The van der Waals surface area contributed by atoms with Crippen molar-refractivity contribution in [2.75, 3.05) is 52.5 Å². The van der Waals surface area contributed by atoms with Crippen molar-refractivity contribution < 1.29 is 24.5 Å². The van der Waals surface area contributed by atoms with E-state index in [0.29, 0.717) is 17.9 Å². The molecule has 4 unspecified atom stereocenters. The van der Waals surface area contributed by atoms with E-state index in [1.165, 1.54) is 4.90 Å². The van der Waals surface area contributed by atoms with Crippen LogP contribution in [0.25, 0.3) is 11.3 Å². The van der Waals surface area contributed by atoms with Gasteiger partial charge in [-0.25, -0.2) is 0 Å². The number of carbonyl (C=O) groups excluding carboxylic acids is 2. The number of aliphatic hydroxyl groups is 2. The molecule has 0 aliphatic carbocycles. The van der Waals surface area contributed by atoms with Crippen molar-refractivity contribution in [2.45, 2.75) is 58.8 Å². The van der Waals surface area contributed by atoms with Crippen LogP contribution < -0.4 is 15.4 Å². The third-order valence-electron chi connectivity index (χ3n) is 8.33. The highest BCUT2D eigenvalue weighted by Crippen LogP contribution is 2.32. The van der Waals surface area contributed by atoms with Crippen LogP contribution in [-0.4, -0.2) is 106 Å². The van der Waals surface area contributed by atoms with E-state index in [-0.39, 0.29) is 37.3 Å². The zero-order valence-electron chi connectivity index (χ0n) is 24.8. The largest absolute Gasteiger partial charge is 0.492 e. The van der Waals surface area contributed by atoms with Gasteiger partial charge in [-0.1, -0.05) is 32.9 Å². The van der Waals surface area contributed by atoms with Gasteiger partial charge in [0.25, 0.3) is 0 Å². The fourth-order valence-electron chi connectivity index (χ4n) is 5.50. The van der Waals surface area contributed by atoms with Gasteiger partial charge in [-0.05, 0) is 25.0 Å². The summed E-state index contributed by atoms with van der Waals surface area (Å²) >= 11 is 0. The van der Waals surface area contributed by atoms with Crippen LogP contribution in [0.1, 0.15) is 45.7 Å². The first-order chi connectivity index (χ1) is 19.7. The molecule has 0 bridgehead atoms. The van der Waals surface area contributed by atoms with E-state index < -0.39 is 24.1 Å². The number of aromatic nitrogens is 2. The van der Waals surface area contributed by atoms with Gasteiger partial charge < -0.3 is 30.5 Å². The van der Waals surface area contributed by atoms with Gasteiger partial charge in [-0.3, -0.25) is 19.2 Å². The number of β-amino-alcohol motifs (C(OH)–C–C–N with tert-alkyl or cyclic N) is 1. The van der Waals surface area contributed by atoms with Crippen LogP contribution in [0.2, 0.25) is 0 Å². The smallest absolute Gasteiger partial charge is 0.243 e. The van der Waals surface area contributed by atoms with Crippen LogP contribution in [0.15, 0.2) is 30.5 Å². The average molecular weight is 571 g/mol. The molecular weight excluding hydrogens is 524 g/mol. The molecule has 0 radical (unpaired) electrons. The van der Waals surface area contributed by atoms with E-state index >= 15 is 0 Å². The minimum absolute atomic E-state index is 0.109. The normalized spacial score (nSPS) is 21.2. The molecule has 2 aliphatic rings. The molecule has 4 N–H and O–H groups in total. The van der Waals surface area contributed by atoms with Crippen LogP contribution in [0.4, 0.5) is 0 Å². The van der Waals surface area contributed by atoms with Crippen molar-refractivity contribution in [3.05, 3.63) is 36.0 Å². The van der Waals surface area contributed by atoms with Gasteiger partial charge in [0.2, 0.25) is 11.8 Å². The molecule has 1 aromatic heterocycles. The number of piperazine rings is 1. The number of amides is 2. The second-order valence-corrected chi connectivity index (χ2v) is 11.4. The molecule has 2 fully saturated rings. The van der Waals surface area contributed by atoms with Crippen molar-refractivity contribution in [1.29, 1.82) is 0 Å². The molecule has 2 amide bonds. The minimum Gasteiger partial charge on any atom is -0.492 e. The highest BCUT2D eigenvalue weighted by Gasteiger charge is 2.41. The summed E-state index contributed by atoms with van der Waals surface area (Å²) in [7, 11) is 0. The van der Waals surface area contributed by atoms with Gasteiger partial charge >= 0.3 is 0 Å². The number of rotatable bonds is 12. The van der Waals surface area contributed by atoms with E-state index in [1.807, 2.05) is 56.6 Å². The van der Waals surface area contributed by atoms with Crippen LogP contribution in [0.3, 0.4) is 0 Å². The first kappa shape index (κ1) is 31.0. The lowest BCUT2D eigenvalue weighted by Gasteiger charge is -2.30. The number of benzene rings is 1. The van der Waals surface area contributed by atoms with Crippen molar-refractivity contribution >= 4 is 11.8 Å². The lowest BCUT2D eigenvalue weighted by atomic mass is 9.96. The maximum Gasteiger partial charge on any atom is 0.243 e. The second-order valence-electron chi connectivity index (χ2n) is 11.4. The van der Waals surface area contributed by atoms with Crippen LogP contribution in [0.5, 0.6) is 5.75 Å². The Labute approximate surface area is 242 Å². The predicted octanol–water partition coefficient (Wildman–Crippen LogP) is 1.26. The lowest BCUT2D eigenvalue weighted by Crippen LogP contribution is -2.49. The summed E-state index contributed by atoms with van der Waals surface area (Å²) < 4.78 is 8.22. The highest BCUT2D eigenvalue weighted by atomic mass is 16.5. The number of hydrogen-bond donors (Lipinski definition) is 4. The third-order valence-corrected chi connectivity index (χ3v) is 8.33. The lowest BCUT2D eigenvalue weighted by molar-refractivity contribution is -0.142. The summed E-state index contributed by atoms with van der Waals surface area (Å²) in [4.78, 5) is 30.5. The van der Waals surface area contributed by atoms with Crippen molar-refractivity contribution in [2.24, 2.45) is 11.8 Å². The molecule has 4 rings (SSSR count). The Hall–Kier alpha value is -2.99. The Kier molecular flexibility index (Phi) is 10.8. The molecule has 0 saturated carbocycles. The van der Waals surface area contributed by atoms with Gasteiger partial charge in [0.1, 0.15) is 18.4 Å². The number of nitrogens with zero attached hydrogens (tertiary/aromatic N) is 4. The number of nitrogens with one attached hydrogen (secondary N) is 2. The quantitative estimate of drug-likeness (QED) is 0.300. The van der Waals surface area contributed by atoms with Gasteiger partial charge in [0.05, 0.1) is 24.4 Å². The number of carbonyl (C=O) groups is 2. The van der Waals surface area contributed by atoms with Gasteiger partial charge in [0.15, 0.2) is 0 Å². The topological polar surface area (TPSA) is 132 Å². The Morgan fingerprint density at radius 2 is 1.95 bits per heavy atom. The molecule has 11 nitrogen and oxygen atoms in total.